The summed E-state index contributed by atoms with van der Waals surface area (Å²) in [5, 5.41) is 14.1. The summed E-state index contributed by atoms with van der Waals surface area (Å²) < 4.78 is 19.3. The van der Waals surface area contributed by atoms with E-state index in [1.165, 1.54) is 18.9 Å². The largest absolute Gasteiger partial charge is 0.378 e. The van der Waals surface area contributed by atoms with Gasteiger partial charge in [0.2, 0.25) is 5.82 Å². The van der Waals surface area contributed by atoms with Gasteiger partial charge in [0.1, 0.15) is 5.69 Å². The van der Waals surface area contributed by atoms with Gasteiger partial charge in [-0.2, -0.15) is 4.39 Å². The Kier molecular flexibility index (Phi) is 3.56. The molecule has 2 fully saturated rings. The molecule has 1 N–H and O–H groups in total. The second-order valence-electron chi connectivity index (χ2n) is 5.51. The number of halogens is 1. The van der Waals surface area contributed by atoms with E-state index in [1.54, 1.807) is 6.07 Å². The van der Waals surface area contributed by atoms with E-state index in [0.717, 1.165) is 18.9 Å². The molecule has 0 spiro atoms. The maximum Gasteiger partial charge on any atom is 0.327 e. The van der Waals surface area contributed by atoms with Gasteiger partial charge in [-0.3, -0.25) is 10.1 Å². The molecule has 5 nitrogen and oxygen atoms in total. The van der Waals surface area contributed by atoms with Crippen molar-refractivity contribution in [3.05, 3.63) is 34.1 Å². The topological polar surface area (TPSA) is 64.4 Å². The molecule has 2 atom stereocenters. The molecule has 1 aliphatic heterocycles. The molecule has 2 aliphatic rings. The van der Waals surface area contributed by atoms with Gasteiger partial charge in [-0.1, -0.05) is 6.07 Å². The van der Waals surface area contributed by atoms with Crippen LogP contribution in [0.5, 0.6) is 0 Å². The van der Waals surface area contributed by atoms with Gasteiger partial charge in [-0.15, -0.1) is 0 Å². The number of nitro groups is 1. The van der Waals surface area contributed by atoms with E-state index in [1.807, 2.05) is 0 Å². The quantitative estimate of drug-likeness (QED) is 0.680. The Balaban J connectivity index is 1.73. The number of nitro benzene ring substituents is 1. The zero-order valence-electron chi connectivity index (χ0n) is 11.0. The van der Waals surface area contributed by atoms with Crippen LogP contribution < -0.4 is 5.32 Å². The summed E-state index contributed by atoms with van der Waals surface area (Å²) in [5.41, 5.74) is -0.210. The highest BCUT2D eigenvalue weighted by Crippen LogP contribution is 2.39. The third-order valence-electron chi connectivity index (χ3n) is 3.99. The molecular weight excluding hydrogens is 263 g/mol. The Hall–Kier alpha value is -1.69. The summed E-state index contributed by atoms with van der Waals surface area (Å²) in [4.78, 5) is 10.3. The molecule has 1 heterocycles. The second kappa shape index (κ2) is 5.36. The number of rotatable bonds is 4. The Labute approximate surface area is 116 Å². The van der Waals surface area contributed by atoms with Gasteiger partial charge in [0.05, 0.1) is 11.0 Å². The van der Waals surface area contributed by atoms with E-state index in [9.17, 15) is 14.5 Å². The molecule has 1 saturated carbocycles. The average molecular weight is 280 g/mol. The van der Waals surface area contributed by atoms with Crippen molar-refractivity contribution in [2.45, 2.75) is 37.8 Å². The van der Waals surface area contributed by atoms with Crippen molar-refractivity contribution in [3.8, 4) is 0 Å². The minimum Gasteiger partial charge on any atom is -0.378 e. The van der Waals surface area contributed by atoms with Crippen molar-refractivity contribution in [3.63, 3.8) is 0 Å². The molecule has 3 rings (SSSR count). The van der Waals surface area contributed by atoms with Crippen LogP contribution in [0.4, 0.5) is 15.8 Å². The molecule has 2 unspecified atom stereocenters. The van der Waals surface area contributed by atoms with Gasteiger partial charge >= 0.3 is 5.69 Å². The first kappa shape index (κ1) is 13.3. The molecule has 0 radical (unpaired) electrons. The smallest absolute Gasteiger partial charge is 0.327 e. The van der Waals surface area contributed by atoms with E-state index in [-0.39, 0.29) is 17.8 Å². The fraction of sp³-hybridized carbons (Fsp3) is 0.571. The number of hydrogen-bond donors (Lipinski definition) is 1. The van der Waals surface area contributed by atoms with Crippen LogP contribution in [0, 0.1) is 21.8 Å². The summed E-state index contributed by atoms with van der Waals surface area (Å²) in [6.45, 7) is 0.655. The first-order chi connectivity index (χ1) is 9.65. The predicted molar refractivity (Wildman–Crippen MR) is 72.2 cm³/mol. The van der Waals surface area contributed by atoms with Gasteiger partial charge in [-0.25, -0.2) is 0 Å². The van der Waals surface area contributed by atoms with Crippen molar-refractivity contribution in [2.75, 3.05) is 11.9 Å². The normalized spacial score (nSPS) is 26.2. The minimum atomic E-state index is -0.800. The first-order valence-electron chi connectivity index (χ1n) is 6.96. The van der Waals surface area contributed by atoms with E-state index < -0.39 is 16.4 Å². The Morgan fingerprint density at radius 1 is 1.35 bits per heavy atom. The highest BCUT2D eigenvalue weighted by molar-refractivity contribution is 5.62. The van der Waals surface area contributed by atoms with Crippen molar-refractivity contribution in [1.29, 1.82) is 0 Å². The highest BCUT2D eigenvalue weighted by Gasteiger charge is 2.36. The number of hydrogen-bond acceptors (Lipinski definition) is 4. The standard InChI is InChI=1S/C14H17FN2O3/c15-11-2-1-3-12(14(11)17(18)19)16-10-6-7-20-13(8-10)9-4-5-9/h1-3,9-10,13,16H,4-8H2. The van der Waals surface area contributed by atoms with Gasteiger partial charge < -0.3 is 10.1 Å². The molecule has 6 heteroatoms. The maximum absolute atomic E-state index is 13.6. The van der Waals surface area contributed by atoms with E-state index in [0.29, 0.717) is 12.5 Å². The Morgan fingerprint density at radius 2 is 2.15 bits per heavy atom. The molecule has 1 saturated heterocycles. The van der Waals surface area contributed by atoms with Crippen LogP contribution >= 0.6 is 0 Å². The van der Waals surface area contributed by atoms with Crippen LogP contribution in [-0.2, 0) is 4.74 Å². The van der Waals surface area contributed by atoms with Crippen molar-refractivity contribution >= 4 is 11.4 Å². The average Bonchev–Trinajstić information content (AvgIpc) is 3.23. The number of ether oxygens (including phenoxy) is 1. The zero-order chi connectivity index (χ0) is 14.1. The van der Waals surface area contributed by atoms with Gasteiger partial charge in [0.25, 0.3) is 0 Å². The fourth-order valence-electron chi connectivity index (χ4n) is 2.79. The SMILES string of the molecule is O=[N+]([O-])c1c(F)cccc1NC1CCOC(C2CC2)C1. The monoisotopic (exact) mass is 280 g/mol. The van der Waals surface area contributed by atoms with Gasteiger partial charge in [0, 0.05) is 12.6 Å². The van der Waals surface area contributed by atoms with Crippen LogP contribution in [0.3, 0.4) is 0 Å². The van der Waals surface area contributed by atoms with Gasteiger partial charge in [-0.05, 0) is 43.7 Å². The zero-order valence-corrected chi connectivity index (χ0v) is 11.0. The van der Waals surface area contributed by atoms with Crippen molar-refractivity contribution in [2.24, 2.45) is 5.92 Å². The van der Waals surface area contributed by atoms with Crippen LogP contribution in [0.1, 0.15) is 25.7 Å². The lowest BCUT2D eigenvalue weighted by atomic mass is 9.99. The fourth-order valence-corrected chi connectivity index (χ4v) is 2.79. The summed E-state index contributed by atoms with van der Waals surface area (Å²) in [5.74, 6) is -0.159. The van der Waals surface area contributed by atoms with E-state index in [4.69, 9.17) is 4.74 Å². The molecule has 20 heavy (non-hydrogen) atoms. The summed E-state index contributed by atoms with van der Waals surface area (Å²) in [7, 11) is 0. The number of nitrogens with zero attached hydrogens (tertiary/aromatic N) is 1. The van der Waals surface area contributed by atoms with Crippen LogP contribution in [-0.4, -0.2) is 23.7 Å². The first-order valence-corrected chi connectivity index (χ1v) is 6.96. The number of nitrogens with one attached hydrogen (secondary N) is 1. The molecule has 0 aromatic heterocycles. The second-order valence-corrected chi connectivity index (χ2v) is 5.51. The third-order valence-corrected chi connectivity index (χ3v) is 3.99. The van der Waals surface area contributed by atoms with Crippen LogP contribution in [0.25, 0.3) is 0 Å². The number of benzene rings is 1. The minimum absolute atomic E-state index is 0.106. The highest BCUT2D eigenvalue weighted by atomic mass is 19.1. The lowest BCUT2D eigenvalue weighted by Crippen LogP contribution is -2.35. The molecule has 1 aromatic rings. The Bertz CT molecular complexity index is 519. The maximum atomic E-state index is 13.6. The molecule has 0 bridgehead atoms. The molecule has 0 amide bonds. The number of para-hydroxylation sites is 1. The lowest BCUT2D eigenvalue weighted by molar-refractivity contribution is -0.386. The molecule has 108 valence electrons. The summed E-state index contributed by atoms with van der Waals surface area (Å²) >= 11 is 0. The Morgan fingerprint density at radius 3 is 2.85 bits per heavy atom. The van der Waals surface area contributed by atoms with Crippen molar-refractivity contribution < 1.29 is 14.1 Å². The lowest BCUT2D eigenvalue weighted by Gasteiger charge is -2.30. The predicted octanol–water partition coefficient (Wildman–Crippen LogP) is 3.10. The third kappa shape index (κ3) is 2.75. The summed E-state index contributed by atoms with van der Waals surface area (Å²) in [6, 6.07) is 4.26. The molecule has 1 aliphatic carbocycles. The molecule has 1 aromatic carbocycles. The van der Waals surface area contributed by atoms with Crippen molar-refractivity contribution in [1.82, 2.24) is 0 Å². The number of anilines is 1. The van der Waals surface area contributed by atoms with E-state index >= 15 is 0 Å². The van der Waals surface area contributed by atoms with Gasteiger partial charge in [0.15, 0.2) is 0 Å². The van der Waals surface area contributed by atoms with E-state index in [2.05, 4.69) is 5.32 Å². The molecular formula is C14H17FN2O3. The van der Waals surface area contributed by atoms with Crippen LogP contribution in [0.2, 0.25) is 0 Å². The van der Waals surface area contributed by atoms with Crippen LogP contribution in [0.15, 0.2) is 18.2 Å². The summed E-state index contributed by atoms with van der Waals surface area (Å²) in [6.07, 6.45) is 4.28.